The van der Waals surface area contributed by atoms with Crippen LogP contribution in [0.4, 0.5) is 11.4 Å². The Morgan fingerprint density at radius 3 is 2.38 bits per heavy atom. The number of hydrogen-bond donors (Lipinski definition) is 2. The molecule has 0 saturated carbocycles. The monoisotopic (exact) mass is 670 g/mol. The van der Waals surface area contributed by atoms with Crippen LogP contribution in [0.2, 0.25) is 0 Å². The maximum atomic E-state index is 8.29. The number of hydrogen-bond acceptors (Lipinski definition) is 3. The Morgan fingerprint density at radius 2 is 1.54 bits per heavy atom. The molecule has 0 unspecified atom stereocenters. The van der Waals surface area contributed by atoms with Crippen molar-refractivity contribution in [2.24, 2.45) is 0 Å². The van der Waals surface area contributed by atoms with Crippen molar-refractivity contribution >= 4 is 62.2 Å². The summed E-state index contributed by atoms with van der Waals surface area (Å²) in [6.07, 6.45) is 18.8. The molecule has 0 spiro atoms. The molecule has 3 aliphatic rings. The van der Waals surface area contributed by atoms with Gasteiger partial charge < -0.3 is 20.6 Å². The molecule has 0 fully saturated rings. The van der Waals surface area contributed by atoms with Crippen molar-refractivity contribution in [2.45, 2.75) is 19.4 Å². The van der Waals surface area contributed by atoms with E-state index >= 15 is 0 Å². The fourth-order valence-electron chi connectivity index (χ4n) is 8.19. The molecular weight excluding hydrogens is 633 g/mol. The number of anilines is 2. The van der Waals surface area contributed by atoms with Gasteiger partial charge in [-0.25, -0.2) is 0 Å². The van der Waals surface area contributed by atoms with Gasteiger partial charge in [0.2, 0.25) is 0 Å². The molecule has 5 aromatic carbocycles. The average molecular weight is 671 g/mol. The highest BCUT2D eigenvalue weighted by Gasteiger charge is 2.26. The number of nitrogens with zero attached hydrogens (tertiary/aromatic N) is 2. The second kappa shape index (κ2) is 12.6. The summed E-state index contributed by atoms with van der Waals surface area (Å²) in [4.78, 5) is 2.30. The number of nitrogen functional groups attached to an aromatic ring is 1. The number of benzene rings is 5. The van der Waals surface area contributed by atoms with Crippen LogP contribution < -0.4 is 10.6 Å². The van der Waals surface area contributed by atoms with Gasteiger partial charge in [0.25, 0.3) is 0 Å². The molecule has 0 saturated heterocycles. The van der Waals surface area contributed by atoms with Crippen LogP contribution in [-0.4, -0.2) is 10.8 Å². The molecule has 0 bridgehead atoms. The zero-order valence-electron chi connectivity index (χ0n) is 28.9. The molecule has 9 rings (SSSR count). The predicted octanol–water partition coefficient (Wildman–Crippen LogP) is 11.8. The highest BCUT2D eigenvalue weighted by atomic mass is 15.1. The molecule has 2 aliphatic carbocycles. The van der Waals surface area contributed by atoms with E-state index in [1.807, 2.05) is 18.2 Å². The van der Waals surface area contributed by atoms with Crippen molar-refractivity contribution in [3.05, 3.63) is 192 Å². The molecule has 4 nitrogen and oxygen atoms in total. The van der Waals surface area contributed by atoms with Gasteiger partial charge in [-0.05, 0) is 106 Å². The second-order valence-corrected chi connectivity index (χ2v) is 13.5. The number of fused-ring (bicyclic) bond motifs is 6. The smallest absolute Gasteiger partial charge is 0.0534 e. The molecule has 3 N–H and O–H groups in total. The van der Waals surface area contributed by atoms with E-state index in [9.17, 15) is 0 Å². The van der Waals surface area contributed by atoms with Gasteiger partial charge in [-0.2, -0.15) is 0 Å². The van der Waals surface area contributed by atoms with Crippen molar-refractivity contribution in [3.8, 4) is 11.1 Å². The standard InChI is InChI=1S/C48H38N4/c1-3-36-39-17-11-18-44(50)48(39)40(43(36)30-49)25-27-52-45-19-10-9-16-38(45)42-29-34(21-23-47(42)52)33-20-22-46-41(28-33)31(2)37-15-8-7-12-32(37)24-26-51(46)35-13-5-4-6-14-35/h3,5,7-26,28-30,49H,1-2,4,6,27,50H2/b26-24-,40-25-,49-30?. The average Bonchev–Trinajstić information content (AvgIpc) is 3.68. The van der Waals surface area contributed by atoms with Gasteiger partial charge in [0.1, 0.15) is 0 Å². The normalized spacial score (nSPS) is 16.4. The van der Waals surface area contributed by atoms with Crippen LogP contribution in [-0.2, 0) is 6.54 Å². The van der Waals surface area contributed by atoms with Gasteiger partial charge in [0.05, 0.1) is 5.69 Å². The van der Waals surface area contributed by atoms with Crippen LogP contribution in [0.1, 0.15) is 40.7 Å². The molecule has 0 atom stereocenters. The number of para-hydroxylation sites is 1. The maximum absolute atomic E-state index is 8.29. The lowest BCUT2D eigenvalue weighted by atomic mass is 9.89. The largest absolute Gasteiger partial charge is 0.398 e. The molecule has 6 aromatic rings. The molecule has 0 radical (unpaired) electrons. The topological polar surface area (TPSA) is 58.0 Å². The maximum Gasteiger partial charge on any atom is 0.0534 e. The van der Waals surface area contributed by atoms with Crippen molar-refractivity contribution in [3.63, 3.8) is 0 Å². The Balaban J connectivity index is 1.16. The van der Waals surface area contributed by atoms with Crippen LogP contribution in [0.15, 0.2) is 164 Å². The number of aromatic nitrogens is 1. The Morgan fingerprint density at radius 1 is 0.750 bits per heavy atom. The van der Waals surface area contributed by atoms with E-state index in [1.54, 1.807) is 0 Å². The molecule has 2 heterocycles. The SMILES string of the molecule is C=CC1=C(C=N)/C(=C/Cn2c3ccccc3c3cc(-c4ccc5c(c4)C(=C)c4ccccc4/C=C\N5C4=CCCC=C4)ccc32)c2c(N)cccc21. The molecule has 1 aliphatic heterocycles. The first-order valence-corrected chi connectivity index (χ1v) is 17.8. The number of nitrogens with two attached hydrogens (primary N) is 1. The van der Waals surface area contributed by atoms with Crippen LogP contribution in [0.5, 0.6) is 0 Å². The third-order valence-corrected chi connectivity index (χ3v) is 10.7. The Hall–Kier alpha value is -6.65. The molecule has 1 aromatic heterocycles. The third kappa shape index (κ3) is 4.95. The minimum Gasteiger partial charge on any atom is -0.398 e. The Labute approximate surface area is 304 Å². The molecular formula is C48H38N4. The molecule has 52 heavy (non-hydrogen) atoms. The number of allylic oxidation sites excluding steroid dienone is 8. The Kier molecular flexibility index (Phi) is 7.59. The third-order valence-electron chi connectivity index (χ3n) is 10.7. The Bertz CT molecular complexity index is 2670. The predicted molar refractivity (Wildman–Crippen MR) is 222 cm³/mol. The van der Waals surface area contributed by atoms with E-state index in [0.29, 0.717) is 12.2 Å². The summed E-state index contributed by atoms with van der Waals surface area (Å²) in [7, 11) is 0. The van der Waals surface area contributed by atoms with Crippen LogP contribution in [0.3, 0.4) is 0 Å². The minimum absolute atomic E-state index is 0.625. The first-order chi connectivity index (χ1) is 25.6. The van der Waals surface area contributed by atoms with Crippen molar-refractivity contribution < 1.29 is 0 Å². The van der Waals surface area contributed by atoms with Crippen LogP contribution in [0, 0.1) is 5.41 Å². The highest BCUT2D eigenvalue weighted by Crippen LogP contribution is 2.45. The summed E-state index contributed by atoms with van der Waals surface area (Å²) >= 11 is 0. The first-order valence-electron chi connectivity index (χ1n) is 17.8. The zero-order chi connectivity index (χ0) is 35.3. The van der Waals surface area contributed by atoms with Gasteiger partial charge in [-0.15, -0.1) is 0 Å². The minimum atomic E-state index is 0.625. The van der Waals surface area contributed by atoms with Crippen molar-refractivity contribution in [2.75, 3.05) is 10.6 Å². The highest BCUT2D eigenvalue weighted by molar-refractivity contribution is 6.17. The van der Waals surface area contributed by atoms with Crippen molar-refractivity contribution in [1.29, 1.82) is 5.41 Å². The van der Waals surface area contributed by atoms with Gasteiger partial charge >= 0.3 is 0 Å². The second-order valence-electron chi connectivity index (χ2n) is 13.5. The summed E-state index contributed by atoms with van der Waals surface area (Å²) in [5, 5.41) is 10.7. The summed E-state index contributed by atoms with van der Waals surface area (Å²) in [5.74, 6) is 0. The van der Waals surface area contributed by atoms with E-state index in [1.165, 1.54) is 22.7 Å². The molecule has 250 valence electrons. The molecule has 4 heteroatoms. The fraction of sp³-hybridized carbons (Fsp3) is 0.0625. The van der Waals surface area contributed by atoms with E-state index in [-0.39, 0.29) is 0 Å². The van der Waals surface area contributed by atoms with Gasteiger partial charge in [0.15, 0.2) is 0 Å². The van der Waals surface area contributed by atoms with E-state index in [0.717, 1.165) is 90.8 Å². The lowest BCUT2D eigenvalue weighted by Crippen LogP contribution is -2.18. The van der Waals surface area contributed by atoms with E-state index in [4.69, 9.17) is 11.1 Å². The van der Waals surface area contributed by atoms with Crippen molar-refractivity contribution in [1.82, 2.24) is 4.57 Å². The van der Waals surface area contributed by atoms with Crippen LogP contribution in [0.25, 0.3) is 55.7 Å². The summed E-state index contributed by atoms with van der Waals surface area (Å²) in [6.45, 7) is 9.34. The summed E-state index contributed by atoms with van der Waals surface area (Å²) < 4.78 is 2.36. The van der Waals surface area contributed by atoms with Gasteiger partial charge in [-0.3, -0.25) is 0 Å². The first kappa shape index (κ1) is 31.3. The summed E-state index contributed by atoms with van der Waals surface area (Å²) in [6, 6.07) is 36.7. The van der Waals surface area contributed by atoms with Crippen LogP contribution >= 0.6 is 0 Å². The van der Waals surface area contributed by atoms with Gasteiger partial charge in [0, 0.05) is 68.8 Å². The molecule has 0 amide bonds. The van der Waals surface area contributed by atoms with E-state index < -0.39 is 0 Å². The quantitative estimate of drug-likeness (QED) is 0.137. The number of rotatable bonds is 6. The zero-order valence-corrected chi connectivity index (χ0v) is 28.9. The lowest BCUT2D eigenvalue weighted by molar-refractivity contribution is 0.900. The van der Waals surface area contributed by atoms with Gasteiger partial charge in [-0.1, -0.05) is 104 Å². The fourth-order valence-corrected chi connectivity index (χ4v) is 8.19. The number of nitrogens with one attached hydrogen (secondary N) is 1. The van der Waals surface area contributed by atoms with E-state index in [2.05, 4.69) is 150 Å². The summed E-state index contributed by atoms with van der Waals surface area (Å²) in [5.41, 5.74) is 23.4. The lowest BCUT2D eigenvalue weighted by Gasteiger charge is -2.29.